The zero-order chi connectivity index (χ0) is 10.6. The predicted octanol–water partition coefficient (Wildman–Crippen LogP) is 2.91. The molecule has 1 unspecified atom stereocenters. The minimum atomic E-state index is -0.0613. The van der Waals surface area contributed by atoms with Gasteiger partial charge < -0.3 is 5.32 Å². The van der Waals surface area contributed by atoms with Crippen LogP contribution < -0.4 is 5.32 Å². The van der Waals surface area contributed by atoms with Crippen molar-refractivity contribution < 1.29 is 4.79 Å². The first kappa shape index (κ1) is 11.5. The summed E-state index contributed by atoms with van der Waals surface area (Å²) in [5.74, 6) is -0.0441. The largest absolute Gasteiger partial charge is 0.349 e. The highest BCUT2D eigenvalue weighted by molar-refractivity contribution is 9.09. The lowest BCUT2D eigenvalue weighted by molar-refractivity contribution is -0.119. The van der Waals surface area contributed by atoms with Crippen molar-refractivity contribution >= 4 is 33.4 Å². The molecule has 14 heavy (non-hydrogen) atoms. The number of alkyl halides is 1. The van der Waals surface area contributed by atoms with Gasteiger partial charge in [-0.2, -0.15) is 0 Å². The van der Waals surface area contributed by atoms with Crippen LogP contribution in [0.3, 0.4) is 0 Å². The van der Waals surface area contributed by atoms with Crippen molar-refractivity contribution in [2.45, 2.75) is 13.0 Å². The van der Waals surface area contributed by atoms with Crippen molar-refractivity contribution in [2.24, 2.45) is 0 Å². The van der Waals surface area contributed by atoms with Crippen LogP contribution in [0, 0.1) is 0 Å². The van der Waals surface area contributed by atoms with Gasteiger partial charge in [0.1, 0.15) is 0 Å². The first-order valence-electron chi connectivity index (χ1n) is 4.25. The standard InChI is InChI=1S/C10H11BrClNO/c1-7(13-10(14)6-11)8-4-2-3-5-9(8)12/h2-5,7H,6H2,1H3,(H,13,14). The molecular formula is C10H11BrClNO. The highest BCUT2D eigenvalue weighted by Gasteiger charge is 2.10. The smallest absolute Gasteiger partial charge is 0.231 e. The van der Waals surface area contributed by atoms with Gasteiger partial charge in [-0.1, -0.05) is 45.7 Å². The number of hydrogen-bond acceptors (Lipinski definition) is 1. The third-order valence-electron chi connectivity index (χ3n) is 1.87. The average molecular weight is 277 g/mol. The Morgan fingerprint density at radius 2 is 2.21 bits per heavy atom. The summed E-state index contributed by atoms with van der Waals surface area (Å²) in [5, 5.41) is 3.80. The maximum absolute atomic E-state index is 11.1. The van der Waals surface area contributed by atoms with Gasteiger partial charge in [0.2, 0.25) is 5.91 Å². The quantitative estimate of drug-likeness (QED) is 0.845. The topological polar surface area (TPSA) is 29.1 Å². The molecule has 1 atom stereocenters. The summed E-state index contributed by atoms with van der Waals surface area (Å²) in [6, 6.07) is 7.42. The summed E-state index contributed by atoms with van der Waals surface area (Å²) < 4.78 is 0. The van der Waals surface area contributed by atoms with E-state index in [2.05, 4.69) is 21.2 Å². The molecule has 1 aromatic carbocycles. The number of nitrogens with one attached hydrogen (secondary N) is 1. The minimum Gasteiger partial charge on any atom is -0.349 e. The zero-order valence-electron chi connectivity index (χ0n) is 7.76. The Labute approximate surface area is 96.8 Å². The van der Waals surface area contributed by atoms with Crippen LogP contribution in [0.1, 0.15) is 18.5 Å². The maximum Gasteiger partial charge on any atom is 0.231 e. The number of amides is 1. The Balaban J connectivity index is 2.74. The van der Waals surface area contributed by atoms with Crippen LogP contribution >= 0.6 is 27.5 Å². The van der Waals surface area contributed by atoms with Crippen molar-refractivity contribution in [1.82, 2.24) is 5.32 Å². The van der Waals surface area contributed by atoms with E-state index in [4.69, 9.17) is 11.6 Å². The number of benzene rings is 1. The molecule has 0 saturated carbocycles. The van der Waals surface area contributed by atoms with Crippen LogP contribution in [0.15, 0.2) is 24.3 Å². The van der Waals surface area contributed by atoms with E-state index in [0.29, 0.717) is 10.4 Å². The summed E-state index contributed by atoms with van der Waals surface area (Å²) in [6.45, 7) is 1.90. The molecule has 2 nitrogen and oxygen atoms in total. The van der Waals surface area contributed by atoms with E-state index in [1.54, 1.807) is 0 Å². The van der Waals surface area contributed by atoms with Crippen LogP contribution in [-0.4, -0.2) is 11.2 Å². The molecule has 1 rings (SSSR count). The Hall–Kier alpha value is -0.540. The molecular weight excluding hydrogens is 265 g/mol. The van der Waals surface area contributed by atoms with E-state index in [-0.39, 0.29) is 11.9 Å². The zero-order valence-corrected chi connectivity index (χ0v) is 10.1. The lowest BCUT2D eigenvalue weighted by Crippen LogP contribution is -2.27. The first-order chi connectivity index (χ1) is 6.65. The van der Waals surface area contributed by atoms with Crippen molar-refractivity contribution in [2.75, 3.05) is 5.33 Å². The van der Waals surface area contributed by atoms with Gasteiger partial charge in [0.15, 0.2) is 0 Å². The number of rotatable bonds is 3. The maximum atomic E-state index is 11.1. The Bertz CT molecular complexity index is 330. The second-order valence-corrected chi connectivity index (χ2v) is 3.91. The number of carbonyl (C=O) groups excluding carboxylic acids is 1. The molecule has 0 aliphatic carbocycles. The van der Waals surface area contributed by atoms with E-state index >= 15 is 0 Å². The van der Waals surface area contributed by atoms with Crippen LogP contribution in [-0.2, 0) is 4.79 Å². The third kappa shape index (κ3) is 3.00. The fourth-order valence-corrected chi connectivity index (χ4v) is 1.65. The van der Waals surface area contributed by atoms with Crippen LogP contribution in [0.25, 0.3) is 0 Å². The summed E-state index contributed by atoms with van der Waals surface area (Å²) in [5.41, 5.74) is 0.934. The molecule has 0 radical (unpaired) electrons. The van der Waals surface area contributed by atoms with E-state index in [0.717, 1.165) is 5.56 Å². The normalized spacial score (nSPS) is 12.2. The predicted molar refractivity (Wildman–Crippen MR) is 61.8 cm³/mol. The van der Waals surface area contributed by atoms with E-state index < -0.39 is 0 Å². The lowest BCUT2D eigenvalue weighted by Gasteiger charge is -2.14. The van der Waals surface area contributed by atoms with Gasteiger partial charge in [-0.15, -0.1) is 0 Å². The molecule has 0 spiro atoms. The molecule has 0 heterocycles. The van der Waals surface area contributed by atoms with Crippen LogP contribution in [0.5, 0.6) is 0 Å². The lowest BCUT2D eigenvalue weighted by atomic mass is 10.1. The second kappa shape index (κ2) is 5.37. The number of hydrogen-bond donors (Lipinski definition) is 1. The molecule has 0 saturated heterocycles. The Morgan fingerprint density at radius 1 is 1.57 bits per heavy atom. The van der Waals surface area contributed by atoms with Crippen LogP contribution in [0.4, 0.5) is 0 Å². The molecule has 1 aromatic rings. The van der Waals surface area contributed by atoms with Gasteiger partial charge in [-0.3, -0.25) is 4.79 Å². The molecule has 0 fully saturated rings. The fraction of sp³-hybridized carbons (Fsp3) is 0.300. The molecule has 76 valence electrons. The summed E-state index contributed by atoms with van der Waals surface area (Å²) in [6.07, 6.45) is 0. The minimum absolute atomic E-state index is 0.0441. The Morgan fingerprint density at radius 3 is 2.79 bits per heavy atom. The monoisotopic (exact) mass is 275 g/mol. The average Bonchev–Trinajstić information content (AvgIpc) is 2.18. The van der Waals surface area contributed by atoms with Crippen LogP contribution in [0.2, 0.25) is 5.02 Å². The fourth-order valence-electron chi connectivity index (χ4n) is 1.18. The Kier molecular flexibility index (Phi) is 4.42. The molecule has 0 aliphatic rings. The summed E-state index contributed by atoms with van der Waals surface area (Å²) in [4.78, 5) is 11.1. The van der Waals surface area contributed by atoms with Gasteiger partial charge in [-0.05, 0) is 18.6 Å². The summed E-state index contributed by atoms with van der Waals surface area (Å²) >= 11 is 9.07. The van der Waals surface area contributed by atoms with Gasteiger partial charge >= 0.3 is 0 Å². The first-order valence-corrected chi connectivity index (χ1v) is 5.75. The van der Waals surface area contributed by atoms with Gasteiger partial charge in [0, 0.05) is 5.02 Å². The van der Waals surface area contributed by atoms with Gasteiger partial charge in [0.05, 0.1) is 11.4 Å². The molecule has 0 bridgehead atoms. The highest BCUT2D eigenvalue weighted by atomic mass is 79.9. The SMILES string of the molecule is CC(NC(=O)CBr)c1ccccc1Cl. The third-order valence-corrected chi connectivity index (χ3v) is 2.72. The molecule has 4 heteroatoms. The van der Waals surface area contributed by atoms with E-state index in [9.17, 15) is 4.79 Å². The molecule has 1 amide bonds. The van der Waals surface area contributed by atoms with E-state index in [1.807, 2.05) is 31.2 Å². The van der Waals surface area contributed by atoms with Crippen molar-refractivity contribution in [1.29, 1.82) is 0 Å². The van der Waals surface area contributed by atoms with Crippen molar-refractivity contribution in [3.8, 4) is 0 Å². The summed E-state index contributed by atoms with van der Waals surface area (Å²) in [7, 11) is 0. The van der Waals surface area contributed by atoms with E-state index in [1.165, 1.54) is 0 Å². The molecule has 0 aliphatic heterocycles. The highest BCUT2D eigenvalue weighted by Crippen LogP contribution is 2.21. The van der Waals surface area contributed by atoms with Crippen molar-refractivity contribution in [3.05, 3.63) is 34.9 Å². The molecule has 1 N–H and O–H groups in total. The van der Waals surface area contributed by atoms with Gasteiger partial charge in [-0.25, -0.2) is 0 Å². The second-order valence-electron chi connectivity index (χ2n) is 2.94. The molecule has 0 aromatic heterocycles. The van der Waals surface area contributed by atoms with Crippen molar-refractivity contribution in [3.63, 3.8) is 0 Å². The number of halogens is 2. The van der Waals surface area contributed by atoms with Gasteiger partial charge in [0.25, 0.3) is 0 Å². The number of carbonyl (C=O) groups is 1.